The van der Waals surface area contributed by atoms with Crippen LogP contribution in [0.15, 0.2) is 42.5 Å². The number of nitro benzene ring substituents is 1. The van der Waals surface area contributed by atoms with Crippen LogP contribution in [0.2, 0.25) is 0 Å². The summed E-state index contributed by atoms with van der Waals surface area (Å²) in [6, 6.07) is 11.5. The molecule has 0 bridgehead atoms. The van der Waals surface area contributed by atoms with E-state index in [1.54, 1.807) is 6.07 Å². The third kappa shape index (κ3) is 3.00. The molecule has 108 valence electrons. The van der Waals surface area contributed by atoms with Crippen molar-refractivity contribution in [1.82, 2.24) is 0 Å². The van der Waals surface area contributed by atoms with E-state index in [1.807, 2.05) is 31.2 Å². The van der Waals surface area contributed by atoms with Crippen LogP contribution in [0.4, 0.5) is 11.4 Å². The van der Waals surface area contributed by atoms with Gasteiger partial charge in [-0.15, -0.1) is 0 Å². The number of carboxylic acids is 1. The predicted octanol–water partition coefficient (Wildman–Crippen LogP) is 3.39. The van der Waals surface area contributed by atoms with Crippen molar-refractivity contribution in [3.05, 3.63) is 58.1 Å². The quantitative estimate of drug-likeness (QED) is 0.649. The second-order valence-corrected chi connectivity index (χ2v) is 4.37. The topological polar surface area (TPSA) is 92.5 Å². The Morgan fingerprint density at radius 3 is 2.62 bits per heavy atom. The van der Waals surface area contributed by atoms with E-state index in [0.717, 1.165) is 11.3 Å². The van der Waals surface area contributed by atoms with Gasteiger partial charge < -0.3 is 10.4 Å². The molecule has 0 aromatic heterocycles. The first-order valence-corrected chi connectivity index (χ1v) is 6.39. The van der Waals surface area contributed by atoms with Gasteiger partial charge in [0.25, 0.3) is 5.69 Å². The molecule has 2 rings (SSSR count). The maximum Gasteiger partial charge on any atom is 0.342 e. The van der Waals surface area contributed by atoms with Crippen molar-refractivity contribution >= 4 is 17.3 Å². The average Bonchev–Trinajstić information content (AvgIpc) is 2.47. The molecule has 0 spiro atoms. The van der Waals surface area contributed by atoms with Crippen LogP contribution < -0.4 is 5.32 Å². The molecule has 2 aromatic rings. The lowest BCUT2D eigenvalue weighted by Gasteiger charge is -2.11. The van der Waals surface area contributed by atoms with Crippen molar-refractivity contribution in [2.24, 2.45) is 0 Å². The van der Waals surface area contributed by atoms with Gasteiger partial charge in [0, 0.05) is 23.9 Å². The molecule has 0 radical (unpaired) electrons. The summed E-state index contributed by atoms with van der Waals surface area (Å²) < 4.78 is 0. The summed E-state index contributed by atoms with van der Waals surface area (Å²) in [5, 5.41) is 23.2. The number of benzene rings is 2. The van der Waals surface area contributed by atoms with Crippen LogP contribution in [0.1, 0.15) is 17.3 Å². The number of rotatable bonds is 5. The summed E-state index contributed by atoms with van der Waals surface area (Å²) in [5.41, 5.74) is 1.51. The second-order valence-electron chi connectivity index (χ2n) is 4.37. The van der Waals surface area contributed by atoms with Gasteiger partial charge in [-0.25, -0.2) is 4.79 Å². The van der Waals surface area contributed by atoms with Crippen LogP contribution in [0.5, 0.6) is 0 Å². The van der Waals surface area contributed by atoms with Crippen molar-refractivity contribution < 1.29 is 14.8 Å². The zero-order valence-corrected chi connectivity index (χ0v) is 11.4. The van der Waals surface area contributed by atoms with Gasteiger partial charge in [0.2, 0.25) is 0 Å². The highest BCUT2D eigenvalue weighted by molar-refractivity contribution is 5.94. The number of nitrogens with one attached hydrogen (secondary N) is 1. The van der Waals surface area contributed by atoms with Crippen LogP contribution in [0.25, 0.3) is 11.1 Å². The number of hydrogen-bond donors (Lipinski definition) is 2. The summed E-state index contributed by atoms with van der Waals surface area (Å²) in [5.74, 6) is -1.31. The molecule has 0 aliphatic carbocycles. The van der Waals surface area contributed by atoms with E-state index >= 15 is 0 Å². The monoisotopic (exact) mass is 286 g/mol. The first-order chi connectivity index (χ1) is 10.0. The van der Waals surface area contributed by atoms with E-state index in [0.29, 0.717) is 12.1 Å². The SMILES string of the molecule is CCNc1ccccc1-c1ccc(C(=O)O)c([N+](=O)[O-])c1. The summed E-state index contributed by atoms with van der Waals surface area (Å²) in [4.78, 5) is 21.4. The average molecular weight is 286 g/mol. The Balaban J connectivity index is 2.58. The fourth-order valence-corrected chi connectivity index (χ4v) is 2.11. The summed E-state index contributed by atoms with van der Waals surface area (Å²) in [6.07, 6.45) is 0. The van der Waals surface area contributed by atoms with E-state index in [1.165, 1.54) is 12.1 Å². The molecular weight excluding hydrogens is 272 g/mol. The van der Waals surface area contributed by atoms with E-state index in [9.17, 15) is 14.9 Å². The molecule has 0 unspecified atom stereocenters. The Labute approximate surface area is 121 Å². The molecule has 0 amide bonds. The van der Waals surface area contributed by atoms with Gasteiger partial charge in [0.15, 0.2) is 0 Å². The molecule has 21 heavy (non-hydrogen) atoms. The van der Waals surface area contributed by atoms with Crippen LogP contribution in [-0.2, 0) is 0 Å². The first kappa shape index (κ1) is 14.5. The molecule has 6 heteroatoms. The largest absolute Gasteiger partial charge is 0.477 e. The number of anilines is 1. The smallest absolute Gasteiger partial charge is 0.342 e. The van der Waals surface area contributed by atoms with E-state index in [2.05, 4.69) is 5.32 Å². The minimum atomic E-state index is -1.31. The zero-order valence-electron chi connectivity index (χ0n) is 11.4. The van der Waals surface area contributed by atoms with Crippen LogP contribution in [0.3, 0.4) is 0 Å². The zero-order chi connectivity index (χ0) is 15.4. The second kappa shape index (κ2) is 6.04. The number of carbonyl (C=O) groups is 1. The van der Waals surface area contributed by atoms with Gasteiger partial charge in [0.05, 0.1) is 4.92 Å². The lowest BCUT2D eigenvalue weighted by Crippen LogP contribution is -2.03. The Morgan fingerprint density at radius 1 is 1.29 bits per heavy atom. The van der Waals surface area contributed by atoms with Gasteiger partial charge in [-0.2, -0.15) is 0 Å². The first-order valence-electron chi connectivity index (χ1n) is 6.39. The normalized spacial score (nSPS) is 10.1. The molecule has 0 heterocycles. The van der Waals surface area contributed by atoms with Crippen LogP contribution in [0, 0.1) is 10.1 Å². The Bertz CT molecular complexity index is 698. The summed E-state index contributed by atoms with van der Waals surface area (Å²) >= 11 is 0. The van der Waals surface area contributed by atoms with Crippen LogP contribution >= 0.6 is 0 Å². The molecule has 2 aromatic carbocycles. The van der Waals surface area contributed by atoms with E-state index in [4.69, 9.17) is 5.11 Å². The van der Waals surface area contributed by atoms with Gasteiger partial charge >= 0.3 is 5.97 Å². The van der Waals surface area contributed by atoms with Gasteiger partial charge in [-0.3, -0.25) is 10.1 Å². The minimum absolute atomic E-state index is 0.315. The highest BCUT2D eigenvalue weighted by atomic mass is 16.6. The number of nitrogens with zero attached hydrogens (tertiary/aromatic N) is 1. The van der Waals surface area contributed by atoms with Gasteiger partial charge in [0.1, 0.15) is 5.56 Å². The highest BCUT2D eigenvalue weighted by Gasteiger charge is 2.20. The van der Waals surface area contributed by atoms with Crippen LogP contribution in [-0.4, -0.2) is 22.5 Å². The van der Waals surface area contributed by atoms with Crippen molar-refractivity contribution in [2.45, 2.75) is 6.92 Å². The Hall–Kier alpha value is -2.89. The molecule has 0 aliphatic rings. The maximum atomic E-state index is 11.0. The third-order valence-corrected chi connectivity index (χ3v) is 3.03. The van der Waals surface area contributed by atoms with E-state index in [-0.39, 0.29) is 5.56 Å². The van der Waals surface area contributed by atoms with E-state index < -0.39 is 16.6 Å². The molecular formula is C15H14N2O4. The van der Waals surface area contributed by atoms with Gasteiger partial charge in [-0.05, 0) is 24.6 Å². The third-order valence-electron chi connectivity index (χ3n) is 3.03. The molecule has 2 N–H and O–H groups in total. The number of nitro groups is 1. The van der Waals surface area contributed by atoms with Gasteiger partial charge in [-0.1, -0.05) is 24.3 Å². The number of aromatic carboxylic acids is 1. The predicted molar refractivity (Wildman–Crippen MR) is 79.7 cm³/mol. The molecule has 6 nitrogen and oxygen atoms in total. The lowest BCUT2D eigenvalue weighted by molar-refractivity contribution is -0.385. The van der Waals surface area contributed by atoms with Crippen molar-refractivity contribution in [3.63, 3.8) is 0 Å². The molecule has 0 fully saturated rings. The Morgan fingerprint density at radius 2 is 2.00 bits per heavy atom. The molecule has 0 saturated carbocycles. The minimum Gasteiger partial charge on any atom is -0.477 e. The number of hydrogen-bond acceptors (Lipinski definition) is 4. The summed E-state index contributed by atoms with van der Waals surface area (Å²) in [7, 11) is 0. The van der Waals surface area contributed by atoms with Crippen molar-refractivity contribution in [2.75, 3.05) is 11.9 Å². The standard InChI is InChI=1S/C15H14N2O4/c1-2-16-13-6-4-3-5-11(13)10-7-8-12(15(18)19)14(9-10)17(20)21/h3-9,16H,2H2,1H3,(H,18,19). The fourth-order valence-electron chi connectivity index (χ4n) is 2.11. The fraction of sp³-hybridized carbons (Fsp3) is 0.133. The Kier molecular flexibility index (Phi) is 4.18. The molecule has 0 atom stereocenters. The summed E-state index contributed by atoms with van der Waals surface area (Å²) in [6.45, 7) is 2.67. The molecule has 0 saturated heterocycles. The molecule has 0 aliphatic heterocycles. The highest BCUT2D eigenvalue weighted by Crippen LogP contribution is 2.32. The number of para-hydroxylation sites is 1. The number of carboxylic acid groups (broad SMARTS) is 1. The van der Waals surface area contributed by atoms with Crippen molar-refractivity contribution in [1.29, 1.82) is 0 Å². The lowest BCUT2D eigenvalue weighted by atomic mass is 10.0. The van der Waals surface area contributed by atoms with Crippen molar-refractivity contribution in [3.8, 4) is 11.1 Å². The maximum absolute atomic E-state index is 11.0.